The number of urea groups is 1. The van der Waals surface area contributed by atoms with Crippen molar-refractivity contribution >= 4 is 17.9 Å². The molecule has 1 aromatic rings. The molecule has 1 aliphatic heterocycles. The van der Waals surface area contributed by atoms with E-state index in [1.54, 1.807) is 7.05 Å². The molecule has 130 valence electrons. The average molecular weight is 333 g/mol. The van der Waals surface area contributed by atoms with Crippen LogP contribution in [-0.4, -0.2) is 74.6 Å². The van der Waals surface area contributed by atoms with Crippen molar-refractivity contribution in [1.82, 2.24) is 20.4 Å². The number of carbonyl (C=O) groups excluding carboxylic acids is 2. The topological polar surface area (TPSA) is 86.3 Å². The van der Waals surface area contributed by atoms with Gasteiger partial charge < -0.3 is 20.3 Å². The minimum absolute atomic E-state index is 0.0737. The smallest absolute Gasteiger partial charge is 0.324 e. The number of hydrogen-bond donors (Lipinski definition) is 2. The van der Waals surface area contributed by atoms with Crippen LogP contribution in [0.3, 0.4) is 0 Å². The summed E-state index contributed by atoms with van der Waals surface area (Å²) in [6.45, 7) is 1.99. The number of carbonyl (C=O) groups is 2. The number of ether oxygens (including phenoxy) is 1. The fourth-order valence-corrected chi connectivity index (χ4v) is 2.27. The van der Waals surface area contributed by atoms with E-state index in [1.165, 1.54) is 4.90 Å². The predicted octanol–water partition coefficient (Wildman–Crippen LogP) is 0.124. The van der Waals surface area contributed by atoms with E-state index in [0.717, 1.165) is 5.75 Å². The van der Waals surface area contributed by atoms with Gasteiger partial charge in [-0.3, -0.25) is 14.7 Å². The molecule has 0 radical (unpaired) electrons. The Morgan fingerprint density at radius 1 is 1.38 bits per heavy atom. The second-order valence-corrected chi connectivity index (χ2v) is 5.26. The number of aliphatic imine (C=N–C) groups is 1. The summed E-state index contributed by atoms with van der Waals surface area (Å²) in [5, 5.41) is 5.62. The maximum atomic E-state index is 11.5. The van der Waals surface area contributed by atoms with E-state index < -0.39 is 0 Å². The van der Waals surface area contributed by atoms with Gasteiger partial charge in [-0.15, -0.1) is 0 Å². The summed E-state index contributed by atoms with van der Waals surface area (Å²) in [4.78, 5) is 30.3. The Kier molecular flexibility index (Phi) is 6.41. The van der Waals surface area contributed by atoms with Crippen LogP contribution in [0.2, 0.25) is 0 Å². The molecule has 0 saturated carbocycles. The Bertz CT molecular complexity index is 575. The fraction of sp³-hybridized carbons (Fsp3) is 0.438. The second kappa shape index (κ2) is 8.76. The summed E-state index contributed by atoms with van der Waals surface area (Å²) >= 11 is 0. The van der Waals surface area contributed by atoms with Crippen molar-refractivity contribution in [3.05, 3.63) is 30.3 Å². The first kappa shape index (κ1) is 17.6. The lowest BCUT2D eigenvalue weighted by Crippen LogP contribution is -2.44. The molecule has 1 heterocycles. The van der Waals surface area contributed by atoms with Gasteiger partial charge in [0.2, 0.25) is 5.91 Å². The Balaban J connectivity index is 1.70. The van der Waals surface area contributed by atoms with Crippen LogP contribution in [0.1, 0.15) is 0 Å². The third-order valence-electron chi connectivity index (χ3n) is 3.57. The predicted molar refractivity (Wildman–Crippen MR) is 91.0 cm³/mol. The van der Waals surface area contributed by atoms with Gasteiger partial charge in [-0.1, -0.05) is 18.2 Å². The summed E-state index contributed by atoms with van der Waals surface area (Å²) < 4.78 is 5.65. The zero-order chi connectivity index (χ0) is 17.4. The van der Waals surface area contributed by atoms with E-state index in [4.69, 9.17) is 4.74 Å². The van der Waals surface area contributed by atoms with E-state index in [9.17, 15) is 9.59 Å². The molecular formula is C16H23N5O3. The van der Waals surface area contributed by atoms with Crippen LogP contribution in [0, 0.1) is 0 Å². The summed E-state index contributed by atoms with van der Waals surface area (Å²) in [6.07, 6.45) is 0. The fourth-order valence-electron chi connectivity index (χ4n) is 2.27. The van der Waals surface area contributed by atoms with Crippen LogP contribution in [0.15, 0.2) is 35.3 Å². The van der Waals surface area contributed by atoms with Crippen molar-refractivity contribution in [1.29, 1.82) is 0 Å². The lowest BCUT2D eigenvalue weighted by atomic mass is 10.3. The number of amides is 3. The molecule has 0 unspecified atom stereocenters. The molecule has 8 heteroatoms. The number of rotatable bonds is 7. The lowest BCUT2D eigenvalue weighted by molar-refractivity contribution is -0.124. The minimum atomic E-state index is -0.346. The quantitative estimate of drug-likeness (QED) is 0.421. The SMILES string of the molecule is CN=C(NCCN1C(=O)CNC1=O)N(C)CCOc1ccccc1. The average Bonchev–Trinajstić information content (AvgIpc) is 2.91. The molecule has 8 nitrogen and oxygen atoms in total. The molecule has 1 fully saturated rings. The van der Waals surface area contributed by atoms with E-state index in [-0.39, 0.29) is 18.5 Å². The number of likely N-dealkylation sites (N-methyl/N-ethyl adjacent to an activating group) is 1. The molecule has 0 aromatic heterocycles. The van der Waals surface area contributed by atoms with Gasteiger partial charge in [0.05, 0.1) is 13.1 Å². The van der Waals surface area contributed by atoms with Gasteiger partial charge in [0.1, 0.15) is 12.4 Å². The molecule has 2 N–H and O–H groups in total. The summed E-state index contributed by atoms with van der Waals surface area (Å²) in [6, 6.07) is 9.26. The summed E-state index contributed by atoms with van der Waals surface area (Å²) in [7, 11) is 3.59. The molecule has 2 rings (SSSR count). The Labute approximate surface area is 141 Å². The van der Waals surface area contributed by atoms with Crippen LogP contribution < -0.4 is 15.4 Å². The van der Waals surface area contributed by atoms with E-state index in [1.807, 2.05) is 42.3 Å². The first-order chi connectivity index (χ1) is 11.6. The largest absolute Gasteiger partial charge is 0.492 e. The van der Waals surface area contributed by atoms with Gasteiger partial charge in [0, 0.05) is 27.2 Å². The van der Waals surface area contributed by atoms with Gasteiger partial charge in [-0.05, 0) is 12.1 Å². The molecular weight excluding hydrogens is 310 g/mol. The first-order valence-electron chi connectivity index (χ1n) is 7.79. The Morgan fingerprint density at radius 3 is 2.75 bits per heavy atom. The highest BCUT2D eigenvalue weighted by Crippen LogP contribution is 2.07. The molecule has 3 amide bonds. The Hall–Kier alpha value is -2.77. The van der Waals surface area contributed by atoms with Gasteiger partial charge in [-0.25, -0.2) is 4.79 Å². The van der Waals surface area contributed by atoms with Crippen molar-refractivity contribution in [3.8, 4) is 5.75 Å². The van der Waals surface area contributed by atoms with E-state index in [0.29, 0.717) is 32.2 Å². The molecule has 24 heavy (non-hydrogen) atoms. The molecule has 1 aliphatic rings. The molecule has 0 atom stereocenters. The van der Waals surface area contributed by atoms with Gasteiger partial charge in [-0.2, -0.15) is 0 Å². The van der Waals surface area contributed by atoms with Crippen molar-refractivity contribution < 1.29 is 14.3 Å². The maximum Gasteiger partial charge on any atom is 0.324 e. The van der Waals surface area contributed by atoms with Crippen molar-refractivity contribution in [2.24, 2.45) is 4.99 Å². The highest BCUT2D eigenvalue weighted by molar-refractivity contribution is 6.01. The van der Waals surface area contributed by atoms with Gasteiger partial charge in [0.25, 0.3) is 0 Å². The normalized spacial score (nSPS) is 14.6. The highest BCUT2D eigenvalue weighted by atomic mass is 16.5. The summed E-state index contributed by atoms with van der Waals surface area (Å²) in [5.41, 5.74) is 0. The van der Waals surface area contributed by atoms with Crippen LogP contribution in [-0.2, 0) is 4.79 Å². The van der Waals surface area contributed by atoms with Crippen molar-refractivity contribution in [2.45, 2.75) is 0 Å². The molecule has 0 aliphatic carbocycles. The number of hydrogen-bond acceptors (Lipinski definition) is 4. The molecule has 0 spiro atoms. The lowest BCUT2D eigenvalue weighted by Gasteiger charge is -2.23. The van der Waals surface area contributed by atoms with Crippen molar-refractivity contribution in [3.63, 3.8) is 0 Å². The second-order valence-electron chi connectivity index (χ2n) is 5.26. The first-order valence-corrected chi connectivity index (χ1v) is 7.79. The van der Waals surface area contributed by atoms with Crippen molar-refractivity contribution in [2.75, 3.05) is 46.9 Å². The number of guanidine groups is 1. The highest BCUT2D eigenvalue weighted by Gasteiger charge is 2.27. The Morgan fingerprint density at radius 2 is 2.12 bits per heavy atom. The van der Waals surface area contributed by atoms with E-state index in [2.05, 4.69) is 15.6 Å². The van der Waals surface area contributed by atoms with Crippen LogP contribution in [0.4, 0.5) is 4.79 Å². The maximum absolute atomic E-state index is 11.5. The molecule has 1 aromatic carbocycles. The zero-order valence-corrected chi connectivity index (χ0v) is 14.0. The third kappa shape index (κ3) is 4.87. The van der Waals surface area contributed by atoms with Crippen LogP contribution in [0.25, 0.3) is 0 Å². The van der Waals surface area contributed by atoms with Crippen LogP contribution >= 0.6 is 0 Å². The summed E-state index contributed by atoms with van der Waals surface area (Å²) in [5.74, 6) is 1.30. The number of nitrogens with one attached hydrogen (secondary N) is 2. The standard InChI is InChI=1S/C16H23N5O3/c1-17-15(18-8-9-21-14(22)12-19-16(21)23)20(2)10-11-24-13-6-4-3-5-7-13/h3-7H,8-12H2,1-2H3,(H,17,18)(H,19,23). The third-order valence-corrected chi connectivity index (χ3v) is 3.57. The van der Waals surface area contributed by atoms with Crippen LogP contribution in [0.5, 0.6) is 5.75 Å². The zero-order valence-electron chi connectivity index (χ0n) is 14.0. The number of para-hydroxylation sites is 1. The monoisotopic (exact) mass is 333 g/mol. The van der Waals surface area contributed by atoms with Gasteiger partial charge >= 0.3 is 6.03 Å². The minimum Gasteiger partial charge on any atom is -0.492 e. The molecule has 0 bridgehead atoms. The number of benzene rings is 1. The number of nitrogens with zero attached hydrogens (tertiary/aromatic N) is 3. The van der Waals surface area contributed by atoms with Gasteiger partial charge in [0.15, 0.2) is 5.96 Å². The number of imide groups is 1. The molecule has 1 saturated heterocycles. The van der Waals surface area contributed by atoms with E-state index >= 15 is 0 Å².